The van der Waals surface area contributed by atoms with Gasteiger partial charge in [0.1, 0.15) is 5.75 Å². The maximum absolute atomic E-state index is 6.13. The van der Waals surface area contributed by atoms with Gasteiger partial charge < -0.3 is 4.74 Å². The molecule has 0 spiro atoms. The van der Waals surface area contributed by atoms with Gasteiger partial charge in [-0.2, -0.15) is 0 Å². The van der Waals surface area contributed by atoms with E-state index in [9.17, 15) is 0 Å². The van der Waals surface area contributed by atoms with E-state index in [0.29, 0.717) is 22.0 Å². The van der Waals surface area contributed by atoms with Gasteiger partial charge in [0.15, 0.2) is 0 Å². The fourth-order valence-corrected chi connectivity index (χ4v) is 1.98. The molecule has 0 N–H and O–H groups in total. The number of fused-ring (bicyclic) bond motifs is 1. The third-order valence-corrected chi connectivity index (χ3v) is 3.15. The summed E-state index contributed by atoms with van der Waals surface area (Å²) in [5.41, 5.74) is 0.949. The van der Waals surface area contributed by atoms with Crippen LogP contribution in [0.4, 0.5) is 0 Å². The van der Waals surface area contributed by atoms with Crippen molar-refractivity contribution in [3.8, 4) is 5.75 Å². The summed E-state index contributed by atoms with van der Waals surface area (Å²) in [7, 11) is 1.58. The number of methoxy groups -OCH3 is 1. The van der Waals surface area contributed by atoms with Crippen LogP contribution in [0.15, 0.2) is 24.3 Å². The van der Waals surface area contributed by atoms with Crippen LogP contribution in [-0.4, -0.2) is 12.1 Å². The van der Waals surface area contributed by atoms with Crippen molar-refractivity contribution in [2.75, 3.05) is 7.11 Å². The van der Waals surface area contributed by atoms with Crippen molar-refractivity contribution in [1.29, 1.82) is 0 Å². The first-order chi connectivity index (χ1) is 7.91. The zero-order valence-corrected chi connectivity index (χ0v) is 11.7. The van der Waals surface area contributed by atoms with Crippen LogP contribution in [0.1, 0.15) is 5.69 Å². The van der Waals surface area contributed by atoms with E-state index in [4.69, 9.17) is 51.1 Å². The van der Waals surface area contributed by atoms with Gasteiger partial charge in [0.2, 0.25) is 3.79 Å². The summed E-state index contributed by atoms with van der Waals surface area (Å²) in [6.07, 6.45) is 0. The van der Waals surface area contributed by atoms with Crippen molar-refractivity contribution in [2.24, 2.45) is 0 Å². The number of alkyl halides is 3. The number of benzene rings is 1. The molecule has 90 valence electrons. The summed E-state index contributed by atoms with van der Waals surface area (Å²) < 4.78 is 3.52. The third-order valence-electron chi connectivity index (χ3n) is 2.26. The minimum Gasteiger partial charge on any atom is -0.497 e. The molecule has 0 saturated carbocycles. The average molecular weight is 311 g/mol. The molecule has 1 aromatic heterocycles. The van der Waals surface area contributed by atoms with E-state index in [1.54, 1.807) is 25.3 Å². The Kier molecular flexibility index (Phi) is 3.60. The summed E-state index contributed by atoms with van der Waals surface area (Å²) in [6, 6.07) is 6.86. The molecule has 0 aliphatic rings. The standard InChI is InChI=1S/C11H7Cl4NO/c1-17-6-2-3-9-7(4-6)8(12)5-10(16-9)11(13,14)15/h2-5H,1H3. The van der Waals surface area contributed by atoms with E-state index in [-0.39, 0.29) is 0 Å². The van der Waals surface area contributed by atoms with E-state index >= 15 is 0 Å². The molecule has 0 fully saturated rings. The van der Waals surface area contributed by atoms with E-state index in [2.05, 4.69) is 4.98 Å². The molecular formula is C11H7Cl4NO. The monoisotopic (exact) mass is 309 g/mol. The molecule has 0 amide bonds. The first-order valence-electron chi connectivity index (χ1n) is 4.63. The quantitative estimate of drug-likeness (QED) is 0.711. The number of aromatic nitrogens is 1. The van der Waals surface area contributed by atoms with Crippen LogP contribution < -0.4 is 4.74 Å². The van der Waals surface area contributed by atoms with Gasteiger partial charge >= 0.3 is 0 Å². The third kappa shape index (κ3) is 2.71. The molecule has 17 heavy (non-hydrogen) atoms. The molecule has 6 heteroatoms. The zero-order chi connectivity index (χ0) is 12.6. The van der Waals surface area contributed by atoms with Gasteiger partial charge in [-0.1, -0.05) is 46.4 Å². The molecule has 2 nitrogen and oxygen atoms in total. The van der Waals surface area contributed by atoms with Crippen LogP contribution in [0.3, 0.4) is 0 Å². The number of halogens is 4. The molecule has 0 unspecified atom stereocenters. The molecule has 1 aromatic carbocycles. The number of pyridine rings is 1. The Labute approximate surface area is 118 Å². The van der Waals surface area contributed by atoms with E-state index in [1.165, 1.54) is 6.07 Å². The van der Waals surface area contributed by atoms with Crippen molar-refractivity contribution in [3.63, 3.8) is 0 Å². The van der Waals surface area contributed by atoms with Gasteiger partial charge in [-0.25, -0.2) is 4.98 Å². The number of hydrogen-bond acceptors (Lipinski definition) is 2. The first kappa shape index (κ1) is 13.0. The predicted molar refractivity (Wildman–Crippen MR) is 72.5 cm³/mol. The molecule has 2 rings (SSSR count). The molecular weight excluding hydrogens is 304 g/mol. The molecule has 0 aliphatic heterocycles. The van der Waals surface area contributed by atoms with Crippen LogP contribution in [0.25, 0.3) is 10.9 Å². The van der Waals surface area contributed by atoms with E-state index < -0.39 is 3.79 Å². The van der Waals surface area contributed by atoms with Crippen molar-refractivity contribution >= 4 is 57.3 Å². The van der Waals surface area contributed by atoms with Crippen molar-refractivity contribution in [2.45, 2.75) is 3.79 Å². The number of ether oxygens (including phenoxy) is 1. The Balaban J connectivity index is 2.68. The Morgan fingerprint density at radius 1 is 1.18 bits per heavy atom. The normalized spacial score (nSPS) is 11.8. The fourth-order valence-electron chi connectivity index (χ4n) is 1.44. The molecule has 2 aromatic rings. The maximum atomic E-state index is 6.13. The molecule has 0 bridgehead atoms. The Morgan fingerprint density at radius 3 is 2.47 bits per heavy atom. The first-order valence-corrected chi connectivity index (χ1v) is 6.14. The van der Waals surface area contributed by atoms with Crippen molar-refractivity contribution in [3.05, 3.63) is 35.0 Å². The summed E-state index contributed by atoms with van der Waals surface area (Å²) in [4.78, 5) is 4.25. The summed E-state index contributed by atoms with van der Waals surface area (Å²) in [5, 5.41) is 1.22. The summed E-state index contributed by atoms with van der Waals surface area (Å²) >= 11 is 23.4. The average Bonchev–Trinajstić information content (AvgIpc) is 2.27. The van der Waals surface area contributed by atoms with Crippen LogP contribution in [0.2, 0.25) is 5.02 Å². The minimum absolute atomic E-state index is 0.296. The van der Waals surface area contributed by atoms with Crippen LogP contribution in [0, 0.1) is 0 Å². The summed E-state index contributed by atoms with van der Waals surface area (Å²) in [5.74, 6) is 0.697. The van der Waals surface area contributed by atoms with Gasteiger partial charge in [-0.15, -0.1) is 0 Å². The van der Waals surface area contributed by atoms with Gasteiger partial charge in [0.25, 0.3) is 0 Å². The lowest BCUT2D eigenvalue weighted by molar-refractivity contribution is 0.415. The minimum atomic E-state index is -1.59. The lowest BCUT2D eigenvalue weighted by Gasteiger charge is -2.12. The predicted octanol–water partition coefficient (Wildman–Crippen LogP) is 4.72. The summed E-state index contributed by atoms with van der Waals surface area (Å²) in [6.45, 7) is 0. The van der Waals surface area contributed by atoms with Gasteiger partial charge in [0, 0.05) is 5.39 Å². The SMILES string of the molecule is COc1ccc2nc(C(Cl)(Cl)Cl)cc(Cl)c2c1. The Morgan fingerprint density at radius 2 is 1.88 bits per heavy atom. The maximum Gasteiger partial charge on any atom is 0.232 e. The Hall–Kier alpha value is -0.410. The lowest BCUT2D eigenvalue weighted by atomic mass is 10.2. The fraction of sp³-hybridized carbons (Fsp3) is 0.182. The number of nitrogens with zero attached hydrogens (tertiary/aromatic N) is 1. The van der Waals surface area contributed by atoms with E-state index in [1.807, 2.05) is 0 Å². The topological polar surface area (TPSA) is 22.1 Å². The Bertz CT molecular complexity index is 565. The molecule has 0 atom stereocenters. The lowest BCUT2D eigenvalue weighted by Crippen LogP contribution is -2.03. The smallest absolute Gasteiger partial charge is 0.232 e. The van der Waals surface area contributed by atoms with Gasteiger partial charge in [0.05, 0.1) is 23.3 Å². The van der Waals surface area contributed by atoms with Crippen LogP contribution in [-0.2, 0) is 3.79 Å². The van der Waals surface area contributed by atoms with Crippen molar-refractivity contribution < 1.29 is 4.74 Å². The van der Waals surface area contributed by atoms with Crippen molar-refractivity contribution in [1.82, 2.24) is 4.98 Å². The highest BCUT2D eigenvalue weighted by Crippen LogP contribution is 2.39. The largest absolute Gasteiger partial charge is 0.497 e. The van der Waals surface area contributed by atoms with E-state index in [0.717, 1.165) is 5.39 Å². The second kappa shape index (κ2) is 4.69. The highest BCUT2D eigenvalue weighted by Gasteiger charge is 2.25. The highest BCUT2D eigenvalue weighted by atomic mass is 35.6. The zero-order valence-electron chi connectivity index (χ0n) is 8.68. The van der Waals surface area contributed by atoms with Gasteiger partial charge in [-0.3, -0.25) is 0 Å². The second-order valence-electron chi connectivity index (χ2n) is 3.37. The van der Waals surface area contributed by atoms with Gasteiger partial charge in [-0.05, 0) is 24.3 Å². The molecule has 0 aliphatic carbocycles. The number of hydrogen-bond donors (Lipinski definition) is 0. The molecule has 0 radical (unpaired) electrons. The van der Waals surface area contributed by atoms with Crippen LogP contribution >= 0.6 is 46.4 Å². The highest BCUT2D eigenvalue weighted by molar-refractivity contribution is 6.66. The second-order valence-corrected chi connectivity index (χ2v) is 6.06. The number of rotatable bonds is 1. The molecule has 0 saturated heterocycles. The molecule has 1 heterocycles. The van der Waals surface area contributed by atoms with Crippen LogP contribution in [0.5, 0.6) is 5.75 Å².